The third-order valence-corrected chi connectivity index (χ3v) is 2.96. The predicted octanol–water partition coefficient (Wildman–Crippen LogP) is 1.57. The van der Waals surface area contributed by atoms with E-state index in [9.17, 15) is 9.59 Å². The summed E-state index contributed by atoms with van der Waals surface area (Å²) in [5.74, 6) is -0.437. The van der Waals surface area contributed by atoms with Gasteiger partial charge in [-0.25, -0.2) is 9.59 Å². The molecule has 0 aromatic rings. The van der Waals surface area contributed by atoms with Gasteiger partial charge in [0.15, 0.2) is 0 Å². The largest absolute Gasteiger partial charge is 0.467 e. The molecule has 6 nitrogen and oxygen atoms in total. The molecule has 1 aliphatic rings. The van der Waals surface area contributed by atoms with Crippen molar-refractivity contribution in [2.24, 2.45) is 0 Å². The maximum Gasteiger partial charge on any atom is 0.410 e. The van der Waals surface area contributed by atoms with Crippen LogP contribution in [0.4, 0.5) is 4.79 Å². The Morgan fingerprint density at radius 2 is 1.79 bits per heavy atom. The highest BCUT2D eigenvalue weighted by Crippen LogP contribution is 2.25. The molecule has 0 bridgehead atoms. The second-order valence-electron chi connectivity index (χ2n) is 5.58. The average Bonchev–Trinajstić information content (AvgIpc) is 2.35. The molecule has 1 saturated heterocycles. The molecule has 0 aromatic carbocycles. The van der Waals surface area contributed by atoms with E-state index in [0.717, 1.165) is 0 Å². The Balaban J connectivity index is 2.76. The van der Waals surface area contributed by atoms with Crippen LogP contribution in [0.1, 0.15) is 33.6 Å². The first-order chi connectivity index (χ1) is 8.78. The maximum atomic E-state index is 11.8. The number of esters is 1. The van der Waals surface area contributed by atoms with Gasteiger partial charge in [0.2, 0.25) is 0 Å². The van der Waals surface area contributed by atoms with E-state index in [2.05, 4.69) is 4.74 Å². The van der Waals surface area contributed by atoms with Crippen molar-refractivity contribution in [3.05, 3.63) is 0 Å². The molecule has 0 aromatic heterocycles. The molecule has 1 rings (SSSR count). The lowest BCUT2D eigenvalue weighted by Gasteiger charge is -2.38. The number of nitrogens with zero attached hydrogens (tertiary/aromatic N) is 1. The molecule has 6 heteroatoms. The van der Waals surface area contributed by atoms with Gasteiger partial charge in [-0.15, -0.1) is 0 Å². The summed E-state index contributed by atoms with van der Waals surface area (Å²) >= 11 is 0. The normalized spacial score (nSPS) is 23.9. The molecule has 1 fully saturated rings. The van der Waals surface area contributed by atoms with Crippen LogP contribution in [0.5, 0.6) is 0 Å². The fraction of sp³-hybridized carbons (Fsp3) is 0.846. The van der Waals surface area contributed by atoms with Gasteiger partial charge in [0, 0.05) is 13.0 Å². The van der Waals surface area contributed by atoms with Crippen molar-refractivity contribution < 1.29 is 23.8 Å². The highest BCUT2D eigenvalue weighted by Gasteiger charge is 2.39. The first kappa shape index (κ1) is 15.8. The van der Waals surface area contributed by atoms with Gasteiger partial charge >= 0.3 is 12.1 Å². The molecule has 2 atom stereocenters. The SMILES string of the molecule is COC(=O)[C@@H]1C[C@H](OC(C)(C)C)CCN1C(=O)OC. The van der Waals surface area contributed by atoms with E-state index in [1.165, 1.54) is 19.1 Å². The Hall–Kier alpha value is -1.30. The van der Waals surface area contributed by atoms with Gasteiger partial charge in [0.25, 0.3) is 0 Å². The zero-order chi connectivity index (χ0) is 14.6. The number of ether oxygens (including phenoxy) is 3. The Morgan fingerprint density at radius 3 is 2.26 bits per heavy atom. The molecule has 0 saturated carbocycles. The summed E-state index contributed by atoms with van der Waals surface area (Å²) in [5, 5.41) is 0. The number of hydrogen-bond acceptors (Lipinski definition) is 5. The molecule has 0 N–H and O–H groups in total. The van der Waals surface area contributed by atoms with Crippen LogP contribution in [-0.4, -0.2) is 55.5 Å². The molecule has 19 heavy (non-hydrogen) atoms. The lowest BCUT2D eigenvalue weighted by atomic mass is 9.99. The first-order valence-electron chi connectivity index (χ1n) is 6.38. The number of amides is 1. The molecule has 110 valence electrons. The molecule has 0 unspecified atom stereocenters. The van der Waals surface area contributed by atoms with E-state index >= 15 is 0 Å². The number of likely N-dealkylation sites (tertiary alicyclic amines) is 1. The zero-order valence-corrected chi connectivity index (χ0v) is 12.3. The van der Waals surface area contributed by atoms with Crippen LogP contribution in [0, 0.1) is 0 Å². The summed E-state index contributed by atoms with van der Waals surface area (Å²) in [6, 6.07) is -0.640. The monoisotopic (exact) mass is 273 g/mol. The second-order valence-corrected chi connectivity index (χ2v) is 5.58. The fourth-order valence-corrected chi connectivity index (χ4v) is 2.24. The third kappa shape index (κ3) is 4.38. The van der Waals surface area contributed by atoms with Gasteiger partial charge in [-0.3, -0.25) is 4.90 Å². The minimum atomic E-state index is -0.640. The Bertz CT molecular complexity index is 336. The second kappa shape index (κ2) is 6.23. The minimum Gasteiger partial charge on any atom is -0.467 e. The summed E-state index contributed by atoms with van der Waals surface area (Å²) < 4.78 is 15.3. The van der Waals surface area contributed by atoms with Crippen molar-refractivity contribution in [2.75, 3.05) is 20.8 Å². The number of piperidine rings is 1. The summed E-state index contributed by atoms with van der Waals surface area (Å²) in [6.07, 6.45) is 0.536. The van der Waals surface area contributed by atoms with E-state index < -0.39 is 18.1 Å². The summed E-state index contributed by atoms with van der Waals surface area (Å²) in [5.41, 5.74) is -0.279. The highest BCUT2D eigenvalue weighted by molar-refractivity contribution is 5.81. The van der Waals surface area contributed by atoms with Gasteiger partial charge in [0.1, 0.15) is 6.04 Å². The van der Waals surface area contributed by atoms with Crippen molar-refractivity contribution in [3.8, 4) is 0 Å². The molecular formula is C13H23NO5. The lowest BCUT2D eigenvalue weighted by molar-refractivity contribution is -0.153. The van der Waals surface area contributed by atoms with Gasteiger partial charge in [-0.05, 0) is 27.2 Å². The van der Waals surface area contributed by atoms with Crippen molar-refractivity contribution in [3.63, 3.8) is 0 Å². The Morgan fingerprint density at radius 1 is 1.16 bits per heavy atom. The summed E-state index contributed by atoms with van der Waals surface area (Å²) in [7, 11) is 2.61. The summed E-state index contributed by atoms with van der Waals surface area (Å²) in [4.78, 5) is 24.8. The maximum absolute atomic E-state index is 11.8. The zero-order valence-electron chi connectivity index (χ0n) is 12.3. The minimum absolute atomic E-state index is 0.0648. The topological polar surface area (TPSA) is 65.1 Å². The van der Waals surface area contributed by atoms with Crippen molar-refractivity contribution in [1.29, 1.82) is 0 Å². The Labute approximate surface area is 114 Å². The standard InChI is InChI=1S/C13H23NO5/c1-13(2,3)19-9-6-7-14(12(16)18-5)10(8-9)11(15)17-4/h9-10H,6-8H2,1-5H3/t9-,10+/m1/s1. The van der Waals surface area contributed by atoms with Crippen molar-refractivity contribution in [2.45, 2.75) is 51.4 Å². The van der Waals surface area contributed by atoms with Gasteiger partial charge in [-0.2, -0.15) is 0 Å². The number of rotatable bonds is 2. The molecule has 1 amide bonds. The molecule has 0 radical (unpaired) electrons. The van der Waals surface area contributed by atoms with Crippen LogP contribution in [0.3, 0.4) is 0 Å². The van der Waals surface area contributed by atoms with Crippen LogP contribution in [-0.2, 0) is 19.0 Å². The number of methoxy groups -OCH3 is 2. The fourth-order valence-electron chi connectivity index (χ4n) is 2.24. The Kier molecular flexibility index (Phi) is 5.17. The van der Waals surface area contributed by atoms with Crippen LogP contribution in [0.15, 0.2) is 0 Å². The van der Waals surface area contributed by atoms with Crippen molar-refractivity contribution >= 4 is 12.1 Å². The summed E-state index contributed by atoms with van der Waals surface area (Å²) in [6.45, 7) is 6.32. The molecular weight excluding hydrogens is 250 g/mol. The molecule has 1 aliphatic heterocycles. The number of carbonyl (C=O) groups is 2. The molecule has 0 spiro atoms. The van der Waals surface area contributed by atoms with Crippen LogP contribution in [0.2, 0.25) is 0 Å². The lowest BCUT2D eigenvalue weighted by Crippen LogP contribution is -2.53. The predicted molar refractivity (Wildman–Crippen MR) is 68.8 cm³/mol. The van der Waals surface area contributed by atoms with Gasteiger partial charge < -0.3 is 14.2 Å². The molecule has 1 heterocycles. The van der Waals surface area contributed by atoms with E-state index in [0.29, 0.717) is 19.4 Å². The van der Waals surface area contributed by atoms with Crippen LogP contribution in [0.25, 0.3) is 0 Å². The number of hydrogen-bond donors (Lipinski definition) is 0. The van der Waals surface area contributed by atoms with Gasteiger partial charge in [0.05, 0.1) is 25.9 Å². The third-order valence-electron chi connectivity index (χ3n) is 2.96. The van der Waals surface area contributed by atoms with Gasteiger partial charge in [-0.1, -0.05) is 0 Å². The first-order valence-corrected chi connectivity index (χ1v) is 6.38. The van der Waals surface area contributed by atoms with E-state index in [1.54, 1.807) is 0 Å². The highest BCUT2D eigenvalue weighted by atomic mass is 16.5. The van der Waals surface area contributed by atoms with E-state index in [-0.39, 0.29) is 11.7 Å². The smallest absolute Gasteiger partial charge is 0.410 e. The average molecular weight is 273 g/mol. The van der Waals surface area contributed by atoms with E-state index in [4.69, 9.17) is 9.47 Å². The van der Waals surface area contributed by atoms with Crippen LogP contribution < -0.4 is 0 Å². The van der Waals surface area contributed by atoms with Crippen molar-refractivity contribution in [1.82, 2.24) is 4.90 Å². The van der Waals surface area contributed by atoms with Crippen LogP contribution >= 0.6 is 0 Å². The molecule has 0 aliphatic carbocycles. The quantitative estimate of drug-likeness (QED) is 0.715. The van der Waals surface area contributed by atoms with E-state index in [1.807, 2.05) is 20.8 Å². The number of carbonyl (C=O) groups excluding carboxylic acids is 2.